The van der Waals surface area contributed by atoms with Crippen molar-refractivity contribution in [2.75, 3.05) is 63.6 Å². The number of hydrogen-bond acceptors (Lipinski definition) is 9. The fourth-order valence-electron chi connectivity index (χ4n) is 5.22. The molecule has 3 aliphatic heterocycles. The number of anilines is 3. The Morgan fingerprint density at radius 1 is 1.29 bits per heavy atom. The van der Waals surface area contributed by atoms with Crippen LogP contribution < -0.4 is 25.2 Å². The van der Waals surface area contributed by atoms with Gasteiger partial charge in [-0.1, -0.05) is 18.7 Å². The second-order valence-corrected chi connectivity index (χ2v) is 10.8. The Labute approximate surface area is 231 Å². The van der Waals surface area contributed by atoms with E-state index in [1.54, 1.807) is 18.6 Å². The SMILES string of the molecule is C=C/C=C(\C(=C/C)NC(=O)c1csc(N2COCN(C)c3cc(OC)ccc32)n1)N1CCC2(CC1)CNC2.[HH].[HH]. The number of thiazole rings is 1. The van der Waals surface area contributed by atoms with E-state index in [1.807, 2.05) is 54.1 Å². The molecule has 0 unspecified atom stereocenters. The van der Waals surface area contributed by atoms with Crippen molar-refractivity contribution in [1.82, 2.24) is 20.5 Å². The van der Waals surface area contributed by atoms with Gasteiger partial charge in [0.15, 0.2) is 5.13 Å². The second kappa shape index (κ2) is 11.2. The molecule has 1 aromatic heterocycles. The molecular formula is C28H40N6O3S. The molecule has 0 saturated carbocycles. The van der Waals surface area contributed by atoms with Crippen LogP contribution in [0.5, 0.6) is 5.75 Å². The van der Waals surface area contributed by atoms with Crippen molar-refractivity contribution >= 4 is 33.8 Å². The van der Waals surface area contributed by atoms with Gasteiger partial charge in [0.2, 0.25) is 0 Å². The van der Waals surface area contributed by atoms with E-state index in [4.69, 9.17) is 14.5 Å². The number of methoxy groups -OCH3 is 1. The van der Waals surface area contributed by atoms with Gasteiger partial charge in [0.05, 0.1) is 29.9 Å². The zero-order valence-electron chi connectivity index (χ0n) is 22.3. The predicted molar refractivity (Wildman–Crippen MR) is 156 cm³/mol. The van der Waals surface area contributed by atoms with Crippen LogP contribution in [0.15, 0.2) is 59.8 Å². The molecule has 3 aliphatic rings. The third-order valence-electron chi connectivity index (χ3n) is 7.60. The molecule has 0 bridgehead atoms. The van der Waals surface area contributed by atoms with Crippen LogP contribution in [-0.2, 0) is 4.74 Å². The summed E-state index contributed by atoms with van der Waals surface area (Å²) in [5, 5.41) is 9.01. The van der Waals surface area contributed by atoms with E-state index in [0.717, 1.165) is 67.5 Å². The van der Waals surface area contributed by atoms with Crippen LogP contribution in [0.1, 0.15) is 33.1 Å². The fourth-order valence-corrected chi connectivity index (χ4v) is 6.03. The minimum Gasteiger partial charge on any atom is -0.497 e. The predicted octanol–water partition coefficient (Wildman–Crippen LogP) is 4.55. The zero-order chi connectivity index (χ0) is 26.7. The molecule has 1 amide bonds. The van der Waals surface area contributed by atoms with Crippen LogP contribution in [0.3, 0.4) is 0 Å². The molecule has 2 aromatic rings. The number of nitrogens with one attached hydrogen (secondary N) is 2. The van der Waals surface area contributed by atoms with Gasteiger partial charge >= 0.3 is 0 Å². The minimum atomic E-state index is -0.241. The smallest absolute Gasteiger partial charge is 0.275 e. The van der Waals surface area contributed by atoms with Gasteiger partial charge in [0.1, 0.15) is 24.9 Å². The molecule has 5 rings (SSSR count). The number of benzene rings is 1. The number of allylic oxidation sites excluding steroid dienone is 3. The molecule has 0 radical (unpaired) electrons. The third kappa shape index (κ3) is 5.16. The first-order chi connectivity index (χ1) is 18.5. The molecule has 2 N–H and O–H groups in total. The van der Waals surface area contributed by atoms with Crippen molar-refractivity contribution < 1.29 is 17.1 Å². The number of amides is 1. The minimum absolute atomic E-state index is 0. The monoisotopic (exact) mass is 540 g/mol. The Kier molecular flexibility index (Phi) is 7.73. The van der Waals surface area contributed by atoms with Crippen molar-refractivity contribution in [1.29, 1.82) is 0 Å². The van der Waals surface area contributed by atoms with Crippen LogP contribution in [0.2, 0.25) is 0 Å². The number of nitrogens with zero attached hydrogens (tertiary/aromatic N) is 4. The fraction of sp³-hybridized carbons (Fsp3) is 0.429. The van der Waals surface area contributed by atoms with Crippen molar-refractivity contribution in [3.8, 4) is 5.75 Å². The average molecular weight is 541 g/mol. The van der Waals surface area contributed by atoms with Gasteiger partial charge in [-0.3, -0.25) is 9.69 Å². The Hall–Kier alpha value is -3.34. The van der Waals surface area contributed by atoms with Crippen molar-refractivity contribution in [2.45, 2.75) is 19.8 Å². The highest BCUT2D eigenvalue weighted by atomic mass is 32.1. The Morgan fingerprint density at radius 2 is 2.08 bits per heavy atom. The lowest BCUT2D eigenvalue weighted by molar-refractivity contribution is 0.0703. The molecular weight excluding hydrogens is 500 g/mol. The highest BCUT2D eigenvalue weighted by Gasteiger charge is 2.40. The summed E-state index contributed by atoms with van der Waals surface area (Å²) in [6.45, 7) is 10.8. The van der Waals surface area contributed by atoms with E-state index < -0.39 is 0 Å². The Morgan fingerprint density at radius 3 is 2.74 bits per heavy atom. The van der Waals surface area contributed by atoms with Crippen LogP contribution >= 0.6 is 11.3 Å². The molecule has 2 fully saturated rings. The van der Waals surface area contributed by atoms with Crippen molar-refractivity contribution in [3.05, 3.63) is 65.5 Å². The normalized spacial score (nSPS) is 19.5. The van der Waals surface area contributed by atoms with Gasteiger partial charge in [-0.25, -0.2) is 4.98 Å². The van der Waals surface area contributed by atoms with Crippen LogP contribution in [0.25, 0.3) is 0 Å². The lowest BCUT2D eigenvalue weighted by Gasteiger charge is -2.49. The first-order valence-electron chi connectivity index (χ1n) is 12.9. The molecule has 9 nitrogen and oxygen atoms in total. The molecule has 2 saturated heterocycles. The van der Waals surface area contributed by atoms with E-state index in [1.165, 1.54) is 11.3 Å². The highest BCUT2D eigenvalue weighted by Crippen LogP contribution is 2.40. The number of rotatable bonds is 7. The summed E-state index contributed by atoms with van der Waals surface area (Å²) in [7, 11) is 3.63. The maximum Gasteiger partial charge on any atom is 0.275 e. The van der Waals surface area contributed by atoms with Gasteiger partial charge in [0.25, 0.3) is 5.91 Å². The van der Waals surface area contributed by atoms with Crippen LogP contribution in [0, 0.1) is 5.41 Å². The van der Waals surface area contributed by atoms with E-state index in [0.29, 0.717) is 29.7 Å². The summed E-state index contributed by atoms with van der Waals surface area (Å²) in [5.41, 5.74) is 4.49. The van der Waals surface area contributed by atoms with Gasteiger partial charge in [-0.05, 0) is 43.4 Å². The van der Waals surface area contributed by atoms with Gasteiger partial charge in [-0.2, -0.15) is 0 Å². The zero-order valence-corrected chi connectivity index (χ0v) is 23.1. The van der Waals surface area contributed by atoms with E-state index >= 15 is 0 Å². The summed E-state index contributed by atoms with van der Waals surface area (Å²) >= 11 is 1.42. The lowest BCUT2D eigenvalue weighted by atomic mass is 9.73. The summed E-state index contributed by atoms with van der Waals surface area (Å²) in [6, 6.07) is 5.89. The van der Waals surface area contributed by atoms with Gasteiger partial charge in [-0.15, -0.1) is 11.3 Å². The maximum absolute atomic E-state index is 13.3. The van der Waals surface area contributed by atoms with Gasteiger partial charge in [0, 0.05) is 47.5 Å². The number of carbonyl (C=O) groups is 1. The molecule has 1 aromatic carbocycles. The van der Waals surface area contributed by atoms with Crippen molar-refractivity contribution in [3.63, 3.8) is 0 Å². The number of piperidine rings is 1. The third-order valence-corrected chi connectivity index (χ3v) is 8.46. The first kappa shape index (κ1) is 26.3. The topological polar surface area (TPSA) is 82.2 Å². The van der Waals surface area contributed by atoms with Crippen LogP contribution in [0.4, 0.5) is 16.5 Å². The molecule has 4 heterocycles. The largest absolute Gasteiger partial charge is 0.497 e. The summed E-state index contributed by atoms with van der Waals surface area (Å²) < 4.78 is 11.3. The lowest BCUT2D eigenvalue weighted by Crippen LogP contribution is -2.58. The second-order valence-electron chi connectivity index (χ2n) is 9.99. The van der Waals surface area contributed by atoms with E-state index in [2.05, 4.69) is 22.1 Å². The number of fused-ring (bicyclic) bond motifs is 1. The van der Waals surface area contributed by atoms with E-state index in [9.17, 15) is 4.79 Å². The molecule has 1 spiro atoms. The molecule has 206 valence electrons. The van der Waals surface area contributed by atoms with Crippen LogP contribution in [-0.4, -0.2) is 69.6 Å². The average Bonchev–Trinajstić information content (AvgIpc) is 3.36. The highest BCUT2D eigenvalue weighted by molar-refractivity contribution is 7.14. The number of ether oxygens (including phenoxy) is 2. The number of likely N-dealkylation sites (tertiary alicyclic amines) is 1. The molecule has 10 heteroatoms. The first-order valence-corrected chi connectivity index (χ1v) is 13.8. The Balaban J connectivity index is 0.00000220. The standard InChI is InChI=1S/C28H36N6O3S.2H2/c1-5-7-23(33-12-10-28(11-13-33)16-29-17-28)21(6-2)30-26(35)22-15-38-27(31-22)34-19-37-18-32(3)25-14-20(36-4)8-9-24(25)34;;/h5-9,14-15,29H,1,10-13,16-19H2,2-4H3,(H,30,35);2*1H/b21-6+,23-7+;;. The summed E-state index contributed by atoms with van der Waals surface area (Å²) in [6.07, 6.45) is 8.00. The number of aromatic nitrogens is 1. The summed E-state index contributed by atoms with van der Waals surface area (Å²) in [4.78, 5) is 24.4. The quantitative estimate of drug-likeness (QED) is 0.495. The van der Waals surface area contributed by atoms with Gasteiger partial charge < -0.3 is 29.9 Å². The number of carbonyl (C=O) groups excluding carboxylic acids is 1. The van der Waals surface area contributed by atoms with E-state index in [-0.39, 0.29) is 8.76 Å². The maximum atomic E-state index is 13.3. The molecule has 0 aliphatic carbocycles. The molecule has 38 heavy (non-hydrogen) atoms. The Bertz CT molecular complexity index is 1250. The molecule has 0 atom stereocenters. The summed E-state index contributed by atoms with van der Waals surface area (Å²) in [5.74, 6) is 0.530. The number of hydrogen-bond donors (Lipinski definition) is 2. The van der Waals surface area contributed by atoms with Crippen molar-refractivity contribution in [2.24, 2.45) is 5.41 Å².